The average Bonchev–Trinajstić information content (AvgIpc) is 2.69. The summed E-state index contributed by atoms with van der Waals surface area (Å²) in [5.74, 6) is -0.184. The Bertz CT molecular complexity index is 670. The van der Waals surface area contributed by atoms with Gasteiger partial charge in [0.15, 0.2) is 11.4 Å². The lowest BCUT2D eigenvalue weighted by Gasteiger charge is -2.36. The normalized spacial score (nSPS) is 16.8. The Labute approximate surface area is 156 Å². The summed E-state index contributed by atoms with van der Waals surface area (Å²) >= 11 is 0. The van der Waals surface area contributed by atoms with Gasteiger partial charge in [0.1, 0.15) is 0 Å². The second-order valence-corrected chi connectivity index (χ2v) is 7.32. The van der Waals surface area contributed by atoms with Crippen LogP contribution >= 0.6 is 0 Å². The van der Waals surface area contributed by atoms with Crippen molar-refractivity contribution in [2.24, 2.45) is 0 Å². The van der Waals surface area contributed by atoms with E-state index in [1.54, 1.807) is 0 Å². The second-order valence-electron chi connectivity index (χ2n) is 7.32. The van der Waals surface area contributed by atoms with Gasteiger partial charge in [0.2, 0.25) is 0 Å². The molecule has 2 aromatic carbocycles. The first kappa shape index (κ1) is 18.8. The molecular weight excluding hydrogens is 324 g/mol. The Balaban J connectivity index is 1.84. The Morgan fingerprint density at radius 3 is 1.96 bits per heavy atom. The van der Waals surface area contributed by atoms with Crippen molar-refractivity contribution < 1.29 is 9.90 Å². The summed E-state index contributed by atoms with van der Waals surface area (Å²) in [4.78, 5) is 17.7. The van der Waals surface area contributed by atoms with E-state index in [1.165, 1.54) is 0 Å². The standard InChI is InChI=1S/C22H28N2O2/c1-23-15-13-20(14-16-23)24(2)17-21(25)22(26,18-9-5-3-6-10-18)19-11-7-4-8-12-19/h3-12,20,26H,13-17H2,1-2H3. The first-order chi connectivity index (χ1) is 12.5. The van der Waals surface area contributed by atoms with Crippen LogP contribution in [0.15, 0.2) is 60.7 Å². The highest BCUT2D eigenvalue weighted by atomic mass is 16.3. The third kappa shape index (κ3) is 3.88. The van der Waals surface area contributed by atoms with Gasteiger partial charge in [0.05, 0.1) is 6.54 Å². The van der Waals surface area contributed by atoms with Crippen molar-refractivity contribution in [3.05, 3.63) is 71.8 Å². The van der Waals surface area contributed by atoms with E-state index in [9.17, 15) is 9.90 Å². The van der Waals surface area contributed by atoms with E-state index in [4.69, 9.17) is 0 Å². The van der Waals surface area contributed by atoms with E-state index >= 15 is 0 Å². The maximum atomic E-state index is 13.3. The molecule has 3 rings (SSSR count). The maximum absolute atomic E-state index is 13.3. The van der Waals surface area contributed by atoms with E-state index in [2.05, 4.69) is 16.8 Å². The average molecular weight is 352 g/mol. The molecule has 1 heterocycles. The summed E-state index contributed by atoms with van der Waals surface area (Å²) in [5.41, 5.74) is -0.386. The van der Waals surface area contributed by atoms with E-state index < -0.39 is 5.60 Å². The number of hydrogen-bond acceptors (Lipinski definition) is 4. The van der Waals surface area contributed by atoms with Crippen LogP contribution in [0.4, 0.5) is 0 Å². The summed E-state index contributed by atoms with van der Waals surface area (Å²) in [6.07, 6.45) is 2.10. The largest absolute Gasteiger partial charge is 0.373 e. The number of piperidine rings is 1. The fourth-order valence-corrected chi connectivity index (χ4v) is 3.75. The molecule has 26 heavy (non-hydrogen) atoms. The molecule has 138 valence electrons. The number of aliphatic hydroxyl groups is 1. The van der Waals surface area contributed by atoms with E-state index in [-0.39, 0.29) is 12.3 Å². The topological polar surface area (TPSA) is 43.8 Å². The van der Waals surface area contributed by atoms with E-state index in [0.717, 1.165) is 25.9 Å². The summed E-state index contributed by atoms with van der Waals surface area (Å²) in [6.45, 7) is 2.32. The van der Waals surface area contributed by atoms with Gasteiger partial charge in [-0.1, -0.05) is 60.7 Å². The predicted molar refractivity (Wildman–Crippen MR) is 104 cm³/mol. The molecule has 0 bridgehead atoms. The summed E-state index contributed by atoms with van der Waals surface area (Å²) < 4.78 is 0. The quantitative estimate of drug-likeness (QED) is 0.868. The molecule has 4 nitrogen and oxygen atoms in total. The number of nitrogens with zero attached hydrogens (tertiary/aromatic N) is 2. The van der Waals surface area contributed by atoms with Crippen LogP contribution in [0.25, 0.3) is 0 Å². The van der Waals surface area contributed by atoms with Crippen molar-refractivity contribution in [1.82, 2.24) is 9.80 Å². The van der Waals surface area contributed by atoms with Gasteiger partial charge in [0, 0.05) is 6.04 Å². The van der Waals surface area contributed by atoms with Crippen LogP contribution in [0.2, 0.25) is 0 Å². The highest BCUT2D eigenvalue weighted by Gasteiger charge is 2.40. The van der Waals surface area contributed by atoms with Gasteiger partial charge < -0.3 is 10.0 Å². The van der Waals surface area contributed by atoms with Gasteiger partial charge in [-0.25, -0.2) is 0 Å². The lowest BCUT2D eigenvalue weighted by molar-refractivity contribution is -0.136. The van der Waals surface area contributed by atoms with Crippen molar-refractivity contribution >= 4 is 5.78 Å². The molecule has 1 aliphatic rings. The second kappa shape index (κ2) is 8.12. The van der Waals surface area contributed by atoms with Crippen molar-refractivity contribution in [3.8, 4) is 0 Å². The lowest BCUT2D eigenvalue weighted by atomic mass is 9.82. The Morgan fingerprint density at radius 2 is 1.50 bits per heavy atom. The van der Waals surface area contributed by atoms with Crippen LogP contribution in [-0.4, -0.2) is 60.5 Å². The smallest absolute Gasteiger partial charge is 0.187 e. The number of carbonyl (C=O) groups is 1. The highest BCUT2D eigenvalue weighted by molar-refractivity contribution is 5.93. The summed E-state index contributed by atoms with van der Waals surface area (Å²) in [7, 11) is 4.12. The zero-order chi connectivity index (χ0) is 18.6. The van der Waals surface area contributed by atoms with Crippen molar-refractivity contribution in [2.45, 2.75) is 24.5 Å². The monoisotopic (exact) mass is 352 g/mol. The number of hydrogen-bond donors (Lipinski definition) is 1. The number of likely N-dealkylation sites (tertiary alicyclic amines) is 1. The molecule has 0 spiro atoms. The minimum atomic E-state index is -1.62. The van der Waals surface area contributed by atoms with Crippen LogP contribution in [0.5, 0.6) is 0 Å². The third-order valence-corrected chi connectivity index (χ3v) is 5.49. The molecule has 0 atom stereocenters. The maximum Gasteiger partial charge on any atom is 0.187 e. The first-order valence-corrected chi connectivity index (χ1v) is 9.27. The van der Waals surface area contributed by atoms with Crippen LogP contribution < -0.4 is 0 Å². The minimum Gasteiger partial charge on any atom is -0.373 e. The first-order valence-electron chi connectivity index (χ1n) is 9.27. The molecule has 0 amide bonds. The Kier molecular flexibility index (Phi) is 5.87. The predicted octanol–water partition coefficient (Wildman–Crippen LogP) is 2.52. The molecule has 1 N–H and O–H groups in total. The molecule has 0 radical (unpaired) electrons. The van der Waals surface area contributed by atoms with Gasteiger partial charge in [-0.3, -0.25) is 9.69 Å². The van der Waals surface area contributed by atoms with Gasteiger partial charge in [0.25, 0.3) is 0 Å². The molecule has 1 saturated heterocycles. The fraction of sp³-hybridized carbons (Fsp3) is 0.409. The van der Waals surface area contributed by atoms with Crippen molar-refractivity contribution in [2.75, 3.05) is 33.7 Å². The van der Waals surface area contributed by atoms with Crippen LogP contribution in [0.1, 0.15) is 24.0 Å². The van der Waals surface area contributed by atoms with Crippen molar-refractivity contribution in [1.29, 1.82) is 0 Å². The number of carbonyl (C=O) groups excluding carboxylic acids is 1. The van der Waals surface area contributed by atoms with E-state index in [1.807, 2.05) is 67.7 Å². The Hall–Kier alpha value is -2.01. The molecule has 0 aliphatic carbocycles. The number of Topliss-reactive ketones (excluding diaryl/α,β-unsaturated/α-hetero) is 1. The molecule has 1 fully saturated rings. The molecule has 0 aromatic heterocycles. The molecule has 0 saturated carbocycles. The molecule has 4 heteroatoms. The van der Waals surface area contributed by atoms with E-state index in [0.29, 0.717) is 17.2 Å². The molecule has 0 unspecified atom stereocenters. The Morgan fingerprint density at radius 1 is 1.04 bits per heavy atom. The number of rotatable bonds is 6. The molecule has 1 aliphatic heterocycles. The highest BCUT2D eigenvalue weighted by Crippen LogP contribution is 2.31. The van der Waals surface area contributed by atoms with Crippen LogP contribution in [0.3, 0.4) is 0 Å². The third-order valence-electron chi connectivity index (χ3n) is 5.49. The van der Waals surface area contributed by atoms with Gasteiger partial charge in [-0.2, -0.15) is 0 Å². The number of likely N-dealkylation sites (N-methyl/N-ethyl adjacent to an activating group) is 1. The fourth-order valence-electron chi connectivity index (χ4n) is 3.75. The van der Waals surface area contributed by atoms with Gasteiger partial charge >= 0.3 is 0 Å². The lowest BCUT2D eigenvalue weighted by Crippen LogP contribution is -2.48. The van der Waals surface area contributed by atoms with Crippen molar-refractivity contribution in [3.63, 3.8) is 0 Å². The molecular formula is C22H28N2O2. The molecule has 2 aromatic rings. The number of benzene rings is 2. The zero-order valence-electron chi connectivity index (χ0n) is 15.6. The number of ketones is 1. The van der Waals surface area contributed by atoms with Gasteiger partial charge in [-0.05, 0) is 51.2 Å². The minimum absolute atomic E-state index is 0.184. The van der Waals surface area contributed by atoms with Crippen LogP contribution in [-0.2, 0) is 10.4 Å². The van der Waals surface area contributed by atoms with Crippen LogP contribution in [0, 0.1) is 0 Å². The SMILES string of the molecule is CN1CCC(N(C)CC(=O)C(O)(c2ccccc2)c2ccccc2)CC1. The van der Waals surface area contributed by atoms with Gasteiger partial charge in [-0.15, -0.1) is 0 Å². The summed E-state index contributed by atoms with van der Waals surface area (Å²) in [5, 5.41) is 11.5. The zero-order valence-corrected chi connectivity index (χ0v) is 15.6. The summed E-state index contributed by atoms with van der Waals surface area (Å²) in [6, 6.07) is 18.9.